The normalized spacial score (nSPS) is 15.6. The first kappa shape index (κ1) is 24.1. The van der Waals surface area contributed by atoms with E-state index in [2.05, 4.69) is 15.2 Å². The monoisotopic (exact) mass is 548 g/mol. The van der Waals surface area contributed by atoms with Gasteiger partial charge in [0.25, 0.3) is 0 Å². The molecule has 2 aromatic carbocycles. The number of morpholine rings is 1. The Bertz CT molecular complexity index is 1000. The van der Waals surface area contributed by atoms with Gasteiger partial charge in [0, 0.05) is 24.8 Å². The number of para-hydroxylation sites is 1. The molecule has 0 saturated carbocycles. The van der Waals surface area contributed by atoms with E-state index in [1.54, 1.807) is 0 Å². The van der Waals surface area contributed by atoms with Crippen LogP contribution in [0.15, 0.2) is 76.1 Å². The highest BCUT2D eigenvalue weighted by Crippen LogP contribution is 2.25. The Labute approximate surface area is 205 Å². The molecule has 8 heteroatoms. The molecule has 170 valence electrons. The summed E-state index contributed by atoms with van der Waals surface area (Å²) in [6.07, 6.45) is 0. The van der Waals surface area contributed by atoms with E-state index in [1.165, 1.54) is 0 Å². The molecule has 1 aliphatic rings. The Balaban J connectivity index is 0.00000289. The Morgan fingerprint density at radius 2 is 1.81 bits per heavy atom. The molecule has 32 heavy (non-hydrogen) atoms. The van der Waals surface area contributed by atoms with Gasteiger partial charge < -0.3 is 24.9 Å². The van der Waals surface area contributed by atoms with Crippen LogP contribution in [0, 0.1) is 6.92 Å². The molecular weight excluding hydrogens is 519 g/mol. The lowest BCUT2D eigenvalue weighted by Crippen LogP contribution is -2.40. The molecule has 0 amide bonds. The van der Waals surface area contributed by atoms with E-state index >= 15 is 0 Å². The van der Waals surface area contributed by atoms with Gasteiger partial charge in [-0.2, -0.15) is 0 Å². The van der Waals surface area contributed by atoms with Crippen molar-refractivity contribution in [3.05, 3.63) is 78.3 Å². The smallest absolute Gasteiger partial charge is 0.193 e. The number of hydrogen-bond donors (Lipinski definition) is 2. The Kier molecular flexibility index (Phi) is 8.95. The number of nitrogens with two attached hydrogens (primary N) is 1. The van der Waals surface area contributed by atoms with Crippen molar-refractivity contribution in [2.24, 2.45) is 10.7 Å². The highest BCUT2D eigenvalue weighted by atomic mass is 127. The molecule has 0 radical (unpaired) electrons. The van der Waals surface area contributed by atoms with Crippen molar-refractivity contribution in [2.45, 2.75) is 13.0 Å². The molecule has 1 atom stereocenters. The largest absolute Gasteiger partial charge is 0.465 e. The molecule has 1 fully saturated rings. The molecule has 1 unspecified atom stereocenters. The second-order valence-corrected chi connectivity index (χ2v) is 7.41. The van der Waals surface area contributed by atoms with Gasteiger partial charge in [-0.1, -0.05) is 24.3 Å². The summed E-state index contributed by atoms with van der Waals surface area (Å²) in [4.78, 5) is 6.92. The van der Waals surface area contributed by atoms with Gasteiger partial charge in [-0.25, -0.2) is 0 Å². The molecule has 7 nitrogen and oxygen atoms in total. The van der Waals surface area contributed by atoms with Gasteiger partial charge in [0.2, 0.25) is 0 Å². The van der Waals surface area contributed by atoms with Gasteiger partial charge in [0.15, 0.2) is 5.96 Å². The Morgan fingerprint density at radius 3 is 2.53 bits per heavy atom. The van der Waals surface area contributed by atoms with Crippen molar-refractivity contribution < 1.29 is 13.9 Å². The quantitative estimate of drug-likeness (QED) is 0.251. The average Bonchev–Trinajstić information content (AvgIpc) is 3.21. The minimum atomic E-state index is 0. The maximum Gasteiger partial charge on any atom is 0.193 e. The lowest BCUT2D eigenvalue weighted by molar-refractivity contribution is 0.0135. The third-order valence-electron chi connectivity index (χ3n) is 5.10. The van der Waals surface area contributed by atoms with Crippen molar-refractivity contribution >= 4 is 35.6 Å². The molecule has 1 aromatic heterocycles. The Morgan fingerprint density at radius 1 is 1.06 bits per heavy atom. The average molecular weight is 548 g/mol. The minimum absolute atomic E-state index is 0. The van der Waals surface area contributed by atoms with E-state index in [0.29, 0.717) is 25.7 Å². The van der Waals surface area contributed by atoms with Crippen LogP contribution in [-0.2, 0) is 4.74 Å². The first-order valence-corrected chi connectivity index (χ1v) is 10.5. The van der Waals surface area contributed by atoms with Gasteiger partial charge in [-0.15, -0.1) is 24.0 Å². The second-order valence-electron chi connectivity index (χ2n) is 7.41. The molecule has 1 aliphatic heterocycles. The van der Waals surface area contributed by atoms with Crippen LogP contribution in [0.1, 0.15) is 17.6 Å². The maximum absolute atomic E-state index is 6.19. The molecule has 0 aliphatic carbocycles. The summed E-state index contributed by atoms with van der Waals surface area (Å²) >= 11 is 0. The van der Waals surface area contributed by atoms with Crippen LogP contribution in [0.5, 0.6) is 11.5 Å². The molecule has 0 bridgehead atoms. The number of aryl methyl sites for hydroxylation is 1. The van der Waals surface area contributed by atoms with Crippen LogP contribution >= 0.6 is 24.0 Å². The molecule has 3 aromatic rings. The second kappa shape index (κ2) is 11.9. The van der Waals surface area contributed by atoms with E-state index in [1.807, 2.05) is 73.7 Å². The highest BCUT2D eigenvalue weighted by Gasteiger charge is 2.25. The number of guanidine groups is 1. The summed E-state index contributed by atoms with van der Waals surface area (Å²) in [6.45, 7) is 5.54. The predicted molar refractivity (Wildman–Crippen MR) is 137 cm³/mol. The SMILES string of the molecule is Cc1ccc(C(CN=C(N)Nc2cccc(Oc3ccccc3)c2)N2CCOCC2)o1.I. The number of furan rings is 1. The van der Waals surface area contributed by atoms with Crippen molar-refractivity contribution in [2.75, 3.05) is 38.2 Å². The molecule has 0 spiro atoms. The number of anilines is 1. The number of nitrogens with zero attached hydrogens (tertiary/aromatic N) is 2. The third-order valence-corrected chi connectivity index (χ3v) is 5.10. The number of hydrogen-bond acceptors (Lipinski definition) is 5. The maximum atomic E-state index is 6.19. The van der Waals surface area contributed by atoms with Gasteiger partial charge in [0.05, 0.1) is 25.8 Å². The number of nitrogens with one attached hydrogen (secondary N) is 1. The van der Waals surface area contributed by atoms with E-state index < -0.39 is 0 Å². The Hall–Kier alpha value is -2.56. The fourth-order valence-electron chi connectivity index (χ4n) is 3.54. The zero-order valence-electron chi connectivity index (χ0n) is 18.1. The zero-order chi connectivity index (χ0) is 21.5. The predicted octanol–water partition coefficient (Wildman–Crippen LogP) is 4.80. The number of benzene rings is 2. The van der Waals surface area contributed by atoms with Crippen molar-refractivity contribution in [3.63, 3.8) is 0 Å². The lowest BCUT2D eigenvalue weighted by atomic mass is 10.1. The molecular formula is C24H29IN4O3. The molecule has 3 N–H and O–H groups in total. The third kappa shape index (κ3) is 6.72. The van der Waals surface area contributed by atoms with Crippen molar-refractivity contribution in [1.82, 2.24) is 4.90 Å². The summed E-state index contributed by atoms with van der Waals surface area (Å²) in [5, 5.41) is 3.16. The topological polar surface area (TPSA) is 85.2 Å². The summed E-state index contributed by atoms with van der Waals surface area (Å²) < 4.78 is 17.3. The summed E-state index contributed by atoms with van der Waals surface area (Å²) in [5.41, 5.74) is 7.01. The van der Waals surface area contributed by atoms with Gasteiger partial charge in [0.1, 0.15) is 23.0 Å². The fraction of sp³-hybridized carbons (Fsp3) is 0.292. The number of halogens is 1. The highest BCUT2D eigenvalue weighted by molar-refractivity contribution is 14.0. The molecule has 2 heterocycles. The van der Waals surface area contributed by atoms with Gasteiger partial charge >= 0.3 is 0 Å². The number of aliphatic imine (C=N–C) groups is 1. The van der Waals surface area contributed by atoms with Gasteiger partial charge in [-0.3, -0.25) is 9.89 Å². The lowest BCUT2D eigenvalue weighted by Gasteiger charge is -2.32. The van der Waals surface area contributed by atoms with E-state index in [0.717, 1.165) is 41.8 Å². The summed E-state index contributed by atoms with van der Waals surface area (Å²) in [7, 11) is 0. The number of ether oxygens (including phenoxy) is 2. The van der Waals surface area contributed by atoms with Crippen LogP contribution in [-0.4, -0.2) is 43.7 Å². The summed E-state index contributed by atoms with van der Waals surface area (Å²) in [6, 6.07) is 21.3. The van der Waals surface area contributed by atoms with Gasteiger partial charge in [-0.05, 0) is 43.3 Å². The molecule has 1 saturated heterocycles. The van der Waals surface area contributed by atoms with Crippen LogP contribution in [0.4, 0.5) is 5.69 Å². The minimum Gasteiger partial charge on any atom is -0.465 e. The molecule has 4 rings (SSSR count). The first-order valence-electron chi connectivity index (χ1n) is 10.5. The van der Waals surface area contributed by atoms with Crippen molar-refractivity contribution in [1.29, 1.82) is 0 Å². The van der Waals surface area contributed by atoms with E-state index in [9.17, 15) is 0 Å². The van der Waals surface area contributed by atoms with Crippen LogP contribution < -0.4 is 15.8 Å². The first-order chi connectivity index (χ1) is 15.2. The zero-order valence-corrected chi connectivity index (χ0v) is 20.4. The van der Waals surface area contributed by atoms with Crippen LogP contribution in [0.2, 0.25) is 0 Å². The van der Waals surface area contributed by atoms with Crippen LogP contribution in [0.25, 0.3) is 0 Å². The number of rotatable bonds is 7. The summed E-state index contributed by atoms with van der Waals surface area (Å²) in [5.74, 6) is 3.64. The van der Waals surface area contributed by atoms with E-state index in [-0.39, 0.29) is 30.0 Å². The van der Waals surface area contributed by atoms with Crippen molar-refractivity contribution in [3.8, 4) is 11.5 Å². The fourth-order valence-corrected chi connectivity index (χ4v) is 3.54. The standard InChI is InChI=1S/C24H28N4O3.HI/c1-18-10-11-23(30-18)22(28-12-14-29-15-13-28)17-26-24(25)27-19-6-5-9-21(16-19)31-20-7-3-2-4-8-20;/h2-11,16,22H,12-15,17H2,1H3,(H3,25,26,27);1H. The van der Waals surface area contributed by atoms with E-state index in [4.69, 9.17) is 19.6 Å². The van der Waals surface area contributed by atoms with Crippen LogP contribution in [0.3, 0.4) is 0 Å².